The van der Waals surface area contributed by atoms with Crippen molar-refractivity contribution < 1.29 is 4.42 Å². The molecule has 0 N–H and O–H groups in total. The minimum Gasteiger partial charge on any atom is -0.454 e. The second-order valence-corrected chi connectivity index (χ2v) is 14.7. The summed E-state index contributed by atoms with van der Waals surface area (Å²) in [5.74, 6) is 0. The standard InChI is InChI=1S/C50H32N2OS/c1-3-14-33(15-4-1)51(34-16-5-2-6-17-34)35-26-28-36(29-27-35)52(45-23-13-22-41-39-19-9-11-24-46(39)53-49(41)45)37-30-31-42-44(32-37)38-18-7-8-20-40(38)48-43-21-10-12-25-47(43)54-50(42)48/h1-32H. The van der Waals surface area contributed by atoms with Crippen molar-refractivity contribution >= 4 is 109 Å². The summed E-state index contributed by atoms with van der Waals surface area (Å²) in [5, 5.41) is 9.92. The molecule has 0 saturated heterocycles. The lowest BCUT2D eigenvalue weighted by Crippen LogP contribution is -2.12. The van der Waals surface area contributed by atoms with Gasteiger partial charge in [-0.25, -0.2) is 0 Å². The Labute approximate surface area is 316 Å². The van der Waals surface area contributed by atoms with Gasteiger partial charge in [-0.2, -0.15) is 0 Å². The van der Waals surface area contributed by atoms with Crippen molar-refractivity contribution in [3.63, 3.8) is 0 Å². The van der Waals surface area contributed by atoms with Crippen molar-refractivity contribution in [2.75, 3.05) is 9.80 Å². The SMILES string of the molecule is c1ccc(N(c2ccccc2)c2ccc(N(c3ccc4c(c3)c3ccccc3c3c5ccccc5sc43)c3cccc4c3oc3ccccc34)cc2)cc1. The molecule has 0 aliphatic rings. The van der Waals surface area contributed by atoms with Crippen LogP contribution in [0, 0.1) is 0 Å². The molecule has 0 amide bonds. The zero-order valence-corrected chi connectivity index (χ0v) is 30.0. The fourth-order valence-electron chi connectivity index (χ4n) is 8.22. The predicted octanol–water partition coefficient (Wildman–Crippen LogP) is 15.2. The van der Waals surface area contributed by atoms with E-state index in [0.717, 1.165) is 56.1 Å². The Morgan fingerprint density at radius 3 is 1.65 bits per heavy atom. The lowest BCUT2D eigenvalue weighted by molar-refractivity contribution is 0.669. The maximum Gasteiger partial charge on any atom is 0.159 e. The Bertz CT molecular complexity index is 3130. The van der Waals surface area contributed by atoms with Crippen molar-refractivity contribution in [1.29, 1.82) is 0 Å². The number of para-hydroxylation sites is 4. The van der Waals surface area contributed by atoms with Crippen LogP contribution in [0.2, 0.25) is 0 Å². The lowest BCUT2D eigenvalue weighted by atomic mass is 9.96. The van der Waals surface area contributed by atoms with E-state index in [-0.39, 0.29) is 0 Å². The van der Waals surface area contributed by atoms with Gasteiger partial charge in [0.15, 0.2) is 5.58 Å². The van der Waals surface area contributed by atoms with Crippen LogP contribution in [0.4, 0.5) is 34.1 Å². The second kappa shape index (κ2) is 12.4. The lowest BCUT2D eigenvalue weighted by Gasteiger charge is -2.28. The van der Waals surface area contributed by atoms with Gasteiger partial charge in [-0.05, 0) is 95.0 Å². The number of benzene rings is 9. The summed E-state index contributed by atoms with van der Waals surface area (Å²) in [7, 11) is 0. The van der Waals surface area contributed by atoms with Gasteiger partial charge in [0, 0.05) is 64.8 Å². The number of thiophene rings is 1. The van der Waals surface area contributed by atoms with Crippen LogP contribution in [-0.4, -0.2) is 0 Å². The van der Waals surface area contributed by atoms with Crippen molar-refractivity contribution in [3.8, 4) is 0 Å². The van der Waals surface area contributed by atoms with Gasteiger partial charge in [-0.1, -0.05) is 115 Å². The topological polar surface area (TPSA) is 19.6 Å². The van der Waals surface area contributed by atoms with Crippen molar-refractivity contribution in [2.45, 2.75) is 0 Å². The van der Waals surface area contributed by atoms with Crippen molar-refractivity contribution in [1.82, 2.24) is 0 Å². The first kappa shape index (κ1) is 30.7. The van der Waals surface area contributed by atoms with E-state index in [0.29, 0.717) is 0 Å². The Morgan fingerprint density at radius 1 is 0.352 bits per heavy atom. The van der Waals surface area contributed by atoms with Gasteiger partial charge in [0.25, 0.3) is 0 Å². The zero-order chi connectivity index (χ0) is 35.6. The van der Waals surface area contributed by atoms with Crippen LogP contribution in [-0.2, 0) is 0 Å². The Kier molecular flexibility index (Phi) is 7.04. The summed E-state index contributed by atoms with van der Waals surface area (Å²) in [4.78, 5) is 4.65. The maximum absolute atomic E-state index is 6.69. The highest BCUT2D eigenvalue weighted by Gasteiger charge is 2.22. The summed E-state index contributed by atoms with van der Waals surface area (Å²) in [6.07, 6.45) is 0. The molecule has 0 fully saturated rings. The monoisotopic (exact) mass is 708 g/mol. The molecule has 0 aliphatic carbocycles. The summed E-state index contributed by atoms with van der Waals surface area (Å²) >= 11 is 1.88. The number of hydrogen-bond acceptors (Lipinski definition) is 4. The molecule has 0 unspecified atom stereocenters. The van der Waals surface area contributed by atoms with Crippen LogP contribution in [0.25, 0.3) is 63.7 Å². The summed E-state index contributed by atoms with van der Waals surface area (Å²) in [5.41, 5.74) is 8.14. The Hall–Kier alpha value is -6.88. The molecule has 2 aromatic heterocycles. The third kappa shape index (κ3) is 4.81. The minimum atomic E-state index is 0.864. The normalized spacial score (nSPS) is 11.7. The minimum absolute atomic E-state index is 0.864. The molecule has 9 aromatic carbocycles. The van der Waals surface area contributed by atoms with Gasteiger partial charge in [-0.15, -0.1) is 11.3 Å². The van der Waals surface area contributed by atoms with Crippen molar-refractivity contribution in [2.24, 2.45) is 0 Å². The number of rotatable bonds is 6. The van der Waals surface area contributed by atoms with Gasteiger partial charge in [-0.3, -0.25) is 0 Å². The van der Waals surface area contributed by atoms with E-state index in [9.17, 15) is 0 Å². The van der Waals surface area contributed by atoms with E-state index in [4.69, 9.17) is 4.42 Å². The summed E-state index contributed by atoms with van der Waals surface area (Å²) in [6, 6.07) is 69.4. The molecule has 0 aliphatic heterocycles. The maximum atomic E-state index is 6.69. The largest absolute Gasteiger partial charge is 0.454 e. The zero-order valence-electron chi connectivity index (χ0n) is 29.2. The molecule has 3 nitrogen and oxygen atoms in total. The predicted molar refractivity (Wildman–Crippen MR) is 231 cm³/mol. The van der Waals surface area contributed by atoms with Crippen LogP contribution >= 0.6 is 11.3 Å². The second-order valence-electron chi connectivity index (χ2n) is 13.7. The number of fused-ring (bicyclic) bond motifs is 11. The van der Waals surface area contributed by atoms with Crippen LogP contribution in [0.1, 0.15) is 0 Å². The van der Waals surface area contributed by atoms with Gasteiger partial charge in [0.1, 0.15) is 5.58 Å². The van der Waals surface area contributed by atoms with Gasteiger partial charge in [0.2, 0.25) is 0 Å². The van der Waals surface area contributed by atoms with E-state index in [2.05, 4.69) is 198 Å². The Morgan fingerprint density at radius 2 is 0.907 bits per heavy atom. The third-order valence-electron chi connectivity index (χ3n) is 10.6. The fourth-order valence-corrected chi connectivity index (χ4v) is 9.47. The molecule has 0 saturated carbocycles. The molecule has 2 heterocycles. The quantitative estimate of drug-likeness (QED) is 0.160. The van der Waals surface area contributed by atoms with E-state index < -0.39 is 0 Å². The molecule has 0 bridgehead atoms. The summed E-state index contributed by atoms with van der Waals surface area (Å²) in [6.45, 7) is 0. The van der Waals surface area contributed by atoms with E-state index >= 15 is 0 Å². The van der Waals surface area contributed by atoms with E-state index in [1.165, 1.54) is 41.7 Å². The molecule has 0 spiro atoms. The first-order valence-corrected chi connectivity index (χ1v) is 19.1. The number of hydrogen-bond donors (Lipinski definition) is 0. The molecule has 0 radical (unpaired) electrons. The molecule has 11 rings (SSSR count). The number of furan rings is 1. The third-order valence-corrected chi connectivity index (χ3v) is 11.8. The highest BCUT2D eigenvalue weighted by molar-refractivity contribution is 7.27. The fraction of sp³-hybridized carbons (Fsp3) is 0. The smallest absolute Gasteiger partial charge is 0.159 e. The van der Waals surface area contributed by atoms with Crippen LogP contribution in [0.3, 0.4) is 0 Å². The van der Waals surface area contributed by atoms with E-state index in [1.54, 1.807) is 0 Å². The highest BCUT2D eigenvalue weighted by Crippen LogP contribution is 2.48. The van der Waals surface area contributed by atoms with Gasteiger partial charge in [0.05, 0.1) is 5.69 Å². The van der Waals surface area contributed by atoms with Crippen LogP contribution in [0.15, 0.2) is 199 Å². The molecule has 4 heteroatoms. The highest BCUT2D eigenvalue weighted by atomic mass is 32.1. The van der Waals surface area contributed by atoms with Crippen molar-refractivity contribution in [3.05, 3.63) is 194 Å². The summed E-state index contributed by atoms with van der Waals surface area (Å²) < 4.78 is 9.33. The Balaban J connectivity index is 1.15. The average molecular weight is 709 g/mol. The molecular weight excluding hydrogens is 677 g/mol. The number of nitrogens with zero attached hydrogens (tertiary/aromatic N) is 2. The average Bonchev–Trinajstić information content (AvgIpc) is 3.82. The van der Waals surface area contributed by atoms with Gasteiger partial charge >= 0.3 is 0 Å². The molecular formula is C50H32N2OS. The first-order chi connectivity index (χ1) is 26.8. The van der Waals surface area contributed by atoms with Crippen LogP contribution < -0.4 is 9.80 Å². The number of anilines is 6. The molecule has 11 aromatic rings. The van der Waals surface area contributed by atoms with Crippen LogP contribution in [0.5, 0.6) is 0 Å². The van der Waals surface area contributed by atoms with Gasteiger partial charge < -0.3 is 14.2 Å². The molecule has 0 atom stereocenters. The first-order valence-electron chi connectivity index (χ1n) is 18.3. The molecule has 54 heavy (non-hydrogen) atoms. The molecule has 254 valence electrons. The van der Waals surface area contributed by atoms with E-state index in [1.807, 2.05) is 17.4 Å².